The van der Waals surface area contributed by atoms with Crippen LogP contribution < -0.4 is 0 Å². The fourth-order valence-corrected chi connectivity index (χ4v) is 0.448. The molecule has 1 nitrogen and oxygen atoms in total. The van der Waals surface area contributed by atoms with Gasteiger partial charge in [-0.1, -0.05) is 113 Å². The van der Waals surface area contributed by atoms with Crippen molar-refractivity contribution in [3.63, 3.8) is 0 Å². The Morgan fingerprint density at radius 2 is 1.33 bits per heavy atom. The first-order valence-corrected chi connectivity index (χ1v) is 7.11. The van der Waals surface area contributed by atoms with Crippen molar-refractivity contribution in [2.24, 2.45) is 0 Å². The van der Waals surface area contributed by atoms with E-state index in [0.717, 1.165) is 6.29 Å². The van der Waals surface area contributed by atoms with Crippen LogP contribution in [0.15, 0.2) is 0 Å². The zero-order valence-corrected chi connectivity index (χ0v) is 14.7. The Hall–Kier alpha value is 3.32. The molecule has 0 aromatic carbocycles. The number of halogens is 5. The second kappa shape index (κ2) is 4.53. The molecule has 0 radical (unpaired) electrons. The van der Waals surface area contributed by atoms with E-state index in [4.69, 9.17) is 0 Å². The Morgan fingerprint density at radius 3 is 1.33 bits per heavy atom. The molecule has 0 rings (SSSR count). The predicted octanol–water partition coefficient (Wildman–Crippen LogP) is 3.71. The minimum Gasteiger partial charge on any atom is -0.301 e. The first kappa shape index (κ1) is 12.3. The van der Waals surface area contributed by atoms with Gasteiger partial charge in [-0.05, 0) is 0 Å². The normalized spacial score (nSPS) is 13.4. The second-order valence-electron chi connectivity index (χ2n) is 1.24. The SMILES string of the molecule is O=CC(I)(I)C(I)(I)I. The molecule has 54 valence electrons. The van der Waals surface area contributed by atoms with E-state index in [0.29, 0.717) is 0 Å². The van der Waals surface area contributed by atoms with Crippen LogP contribution in [0.3, 0.4) is 0 Å². The van der Waals surface area contributed by atoms with Crippen molar-refractivity contribution in [2.75, 3.05) is 0 Å². The van der Waals surface area contributed by atoms with Crippen LogP contribution in [0, 0.1) is 0 Å². The van der Waals surface area contributed by atoms with Gasteiger partial charge in [-0.15, -0.1) is 0 Å². The van der Waals surface area contributed by atoms with Gasteiger partial charge in [0.25, 0.3) is 0 Å². The fraction of sp³-hybridized carbons (Fsp3) is 0.667. The standard InChI is InChI=1S/C3HI5O/c4-2(5,1-9)3(6,7)8/h1H. The van der Waals surface area contributed by atoms with Crippen molar-refractivity contribution in [3.8, 4) is 0 Å². The molecule has 0 aromatic rings. The largest absolute Gasteiger partial charge is 0.301 e. The summed E-state index contributed by atoms with van der Waals surface area (Å²) in [5.74, 6) is 0. The minimum atomic E-state index is -0.301. The summed E-state index contributed by atoms with van der Waals surface area (Å²) in [6.45, 7) is 0. The molecule has 0 aromatic heterocycles. The number of alkyl halides is 5. The number of aldehydes is 1. The maximum atomic E-state index is 10.4. The third-order valence-electron chi connectivity index (χ3n) is 0.526. The molecule has 0 unspecified atom stereocenters. The summed E-state index contributed by atoms with van der Waals surface area (Å²) in [5, 5.41) is 0. The van der Waals surface area contributed by atoms with Crippen LogP contribution in [0.1, 0.15) is 0 Å². The van der Waals surface area contributed by atoms with Crippen LogP contribution in [0.2, 0.25) is 0 Å². The molecule has 0 aliphatic rings. The van der Waals surface area contributed by atoms with Crippen molar-refractivity contribution < 1.29 is 4.79 Å². The highest BCUT2D eigenvalue weighted by molar-refractivity contribution is 14.3. The topological polar surface area (TPSA) is 17.1 Å². The Morgan fingerprint density at radius 1 is 1.00 bits per heavy atom. The van der Waals surface area contributed by atoms with E-state index in [2.05, 4.69) is 113 Å². The Kier molecular flexibility index (Phi) is 6.20. The average Bonchev–Trinajstić information content (AvgIpc) is 1.64. The maximum absolute atomic E-state index is 10.4. The molecule has 0 atom stereocenters. The lowest BCUT2D eigenvalue weighted by Gasteiger charge is -2.23. The minimum absolute atomic E-state index is 0.0385. The molecule has 0 N–H and O–H groups in total. The van der Waals surface area contributed by atoms with Gasteiger partial charge < -0.3 is 4.79 Å². The zero-order valence-electron chi connectivity index (χ0n) is 3.88. The second-order valence-corrected chi connectivity index (χ2v) is 17.8. The highest BCUT2D eigenvalue weighted by Crippen LogP contribution is 2.53. The van der Waals surface area contributed by atoms with Crippen molar-refractivity contribution in [2.45, 2.75) is 0.864 Å². The van der Waals surface area contributed by atoms with Gasteiger partial charge in [0.05, 0.1) is 0 Å². The molecule has 0 saturated heterocycles. The third kappa shape index (κ3) is 4.19. The Balaban J connectivity index is 4.32. The van der Waals surface area contributed by atoms with Gasteiger partial charge in [0.15, 0.2) is 0.864 Å². The van der Waals surface area contributed by atoms with E-state index in [1.54, 1.807) is 0 Å². The predicted molar refractivity (Wildman–Crippen MR) is 81.6 cm³/mol. The summed E-state index contributed by atoms with van der Waals surface area (Å²) in [6.07, 6.45) is 0.972. The molecule has 0 aliphatic heterocycles. The van der Waals surface area contributed by atoms with Gasteiger partial charge in [0.1, 0.15) is 6.29 Å². The molecular formula is C3HI5O. The molecule has 0 aliphatic carbocycles. The Bertz CT molecular complexity index is 114. The first-order valence-electron chi connectivity index (χ1n) is 1.72. The van der Waals surface area contributed by atoms with E-state index >= 15 is 0 Å². The molecule has 0 amide bonds. The van der Waals surface area contributed by atoms with E-state index in [9.17, 15) is 4.79 Å². The molecule has 0 fully saturated rings. The quantitative estimate of drug-likeness (QED) is 0.246. The van der Waals surface area contributed by atoms with Crippen LogP contribution in [0.4, 0.5) is 0 Å². The lowest BCUT2D eigenvalue weighted by Crippen LogP contribution is -2.28. The van der Waals surface area contributed by atoms with Gasteiger partial charge in [0.2, 0.25) is 0 Å². The van der Waals surface area contributed by atoms with Gasteiger partial charge in [-0.25, -0.2) is 0 Å². The molecule has 0 spiro atoms. The average molecular weight is 688 g/mol. The Labute approximate surface area is 122 Å². The van der Waals surface area contributed by atoms with Crippen molar-refractivity contribution in [1.82, 2.24) is 0 Å². The van der Waals surface area contributed by atoms with E-state index in [-0.39, 0.29) is 0.864 Å². The number of carbonyl (C=O) groups excluding carboxylic acids is 1. The maximum Gasteiger partial charge on any atom is 0.161 e. The van der Waals surface area contributed by atoms with Gasteiger partial charge in [0, 0.05) is 0 Å². The van der Waals surface area contributed by atoms with Crippen LogP contribution >= 0.6 is 113 Å². The van der Waals surface area contributed by atoms with Crippen LogP contribution in [-0.2, 0) is 4.79 Å². The summed E-state index contributed by atoms with van der Waals surface area (Å²) < 4.78 is -0.340. The van der Waals surface area contributed by atoms with Crippen molar-refractivity contribution >= 4 is 119 Å². The van der Waals surface area contributed by atoms with Crippen LogP contribution in [0.5, 0.6) is 0 Å². The highest BCUT2D eigenvalue weighted by atomic mass is 127. The molecule has 6 heteroatoms. The molecule has 0 bridgehead atoms. The molecule has 0 heterocycles. The fourth-order valence-electron chi connectivity index (χ4n) is 0.0668. The molecule has 0 saturated carbocycles. The highest BCUT2D eigenvalue weighted by Gasteiger charge is 2.42. The zero-order chi connectivity index (χ0) is 7.71. The van der Waals surface area contributed by atoms with Crippen LogP contribution in [0.25, 0.3) is 0 Å². The third-order valence-corrected chi connectivity index (χ3v) is 11.4. The smallest absolute Gasteiger partial charge is 0.161 e. The lowest BCUT2D eigenvalue weighted by atomic mass is 10.6. The number of carbonyl (C=O) groups is 1. The van der Waals surface area contributed by atoms with Crippen molar-refractivity contribution in [1.29, 1.82) is 0 Å². The van der Waals surface area contributed by atoms with Gasteiger partial charge in [-0.2, -0.15) is 0 Å². The van der Waals surface area contributed by atoms with E-state index < -0.39 is 0 Å². The number of hydrogen-bond donors (Lipinski definition) is 0. The summed E-state index contributed by atoms with van der Waals surface area (Å²) in [4.78, 5) is 10.4. The van der Waals surface area contributed by atoms with E-state index in [1.807, 2.05) is 0 Å². The number of hydrogen-bond acceptors (Lipinski definition) is 1. The van der Waals surface area contributed by atoms with Crippen molar-refractivity contribution in [3.05, 3.63) is 0 Å². The number of rotatable bonds is 2. The van der Waals surface area contributed by atoms with Gasteiger partial charge in [-0.3, -0.25) is 0 Å². The summed E-state index contributed by atoms with van der Waals surface area (Å²) in [5.41, 5.74) is 0. The summed E-state index contributed by atoms with van der Waals surface area (Å²) in [7, 11) is 0. The monoisotopic (exact) mass is 688 g/mol. The first-order chi connectivity index (χ1) is 3.81. The molecular weight excluding hydrogens is 687 g/mol. The van der Waals surface area contributed by atoms with Gasteiger partial charge >= 0.3 is 0 Å². The van der Waals surface area contributed by atoms with E-state index in [1.165, 1.54) is 0 Å². The summed E-state index contributed by atoms with van der Waals surface area (Å²) >= 11 is 11.0. The summed E-state index contributed by atoms with van der Waals surface area (Å²) in [6, 6.07) is 0. The lowest BCUT2D eigenvalue weighted by molar-refractivity contribution is -0.107. The molecule has 9 heavy (non-hydrogen) atoms. The van der Waals surface area contributed by atoms with Crippen LogP contribution in [-0.4, -0.2) is 7.15 Å².